The fraction of sp³-hybridized carbons (Fsp3) is 0.375. The molecule has 1 heterocycles. The number of hydrogen-bond acceptors (Lipinski definition) is 5. The number of nitro groups is 1. The van der Waals surface area contributed by atoms with Gasteiger partial charge in [0.25, 0.3) is 11.6 Å². The van der Waals surface area contributed by atoms with Crippen LogP contribution in [-0.4, -0.2) is 36.5 Å². The molecule has 0 saturated carbocycles. The van der Waals surface area contributed by atoms with Crippen LogP contribution in [0.5, 0.6) is 0 Å². The third kappa shape index (κ3) is 4.51. The molecule has 0 saturated heterocycles. The highest BCUT2D eigenvalue weighted by Gasteiger charge is 2.14. The van der Waals surface area contributed by atoms with Gasteiger partial charge < -0.3 is 10.3 Å². The van der Waals surface area contributed by atoms with Crippen molar-refractivity contribution in [1.82, 2.24) is 10.3 Å². The number of amides is 1. The lowest BCUT2D eigenvalue weighted by atomic mass is 10.3. The maximum absolute atomic E-state index is 11.5. The molecule has 1 aromatic heterocycles. The van der Waals surface area contributed by atoms with E-state index in [4.69, 9.17) is 5.14 Å². The molecule has 10 heteroatoms. The second-order valence-corrected chi connectivity index (χ2v) is 5.24. The molecule has 0 fully saturated rings. The highest BCUT2D eigenvalue weighted by molar-refractivity contribution is 7.89. The first kappa shape index (κ1) is 14.1. The van der Waals surface area contributed by atoms with Crippen molar-refractivity contribution < 1.29 is 18.1 Å². The Hall–Kier alpha value is -1.94. The van der Waals surface area contributed by atoms with Crippen LogP contribution in [0, 0.1) is 10.1 Å². The first-order chi connectivity index (χ1) is 8.29. The van der Waals surface area contributed by atoms with Crippen LogP contribution in [0.25, 0.3) is 0 Å². The fourth-order valence-electron chi connectivity index (χ4n) is 1.19. The number of carbonyl (C=O) groups is 1. The topological polar surface area (TPSA) is 148 Å². The largest absolute Gasteiger partial charge is 0.351 e. The van der Waals surface area contributed by atoms with Gasteiger partial charge in [-0.15, -0.1) is 0 Å². The molecule has 0 aliphatic rings. The third-order valence-electron chi connectivity index (χ3n) is 2.01. The van der Waals surface area contributed by atoms with Crippen molar-refractivity contribution in [2.24, 2.45) is 5.14 Å². The summed E-state index contributed by atoms with van der Waals surface area (Å²) < 4.78 is 21.2. The quantitative estimate of drug-likeness (QED) is 0.358. The normalized spacial score (nSPS) is 11.2. The first-order valence-corrected chi connectivity index (χ1v) is 6.62. The zero-order chi connectivity index (χ0) is 13.8. The summed E-state index contributed by atoms with van der Waals surface area (Å²) in [5.74, 6) is -0.782. The van der Waals surface area contributed by atoms with E-state index >= 15 is 0 Å². The number of nitrogens with two attached hydrogens (primary N) is 1. The minimum absolute atomic E-state index is 0.0392. The van der Waals surface area contributed by atoms with Crippen LogP contribution >= 0.6 is 0 Å². The van der Waals surface area contributed by atoms with Crippen LogP contribution < -0.4 is 10.5 Å². The molecule has 1 amide bonds. The van der Waals surface area contributed by atoms with Gasteiger partial charge in [0, 0.05) is 12.6 Å². The molecule has 18 heavy (non-hydrogen) atoms. The first-order valence-electron chi connectivity index (χ1n) is 4.91. The van der Waals surface area contributed by atoms with Crippen molar-refractivity contribution in [2.75, 3.05) is 12.3 Å². The predicted octanol–water partition coefficient (Wildman–Crippen LogP) is -0.669. The lowest BCUT2D eigenvalue weighted by Gasteiger charge is -2.02. The third-order valence-corrected chi connectivity index (χ3v) is 2.87. The van der Waals surface area contributed by atoms with Gasteiger partial charge in [0.05, 0.1) is 16.9 Å². The summed E-state index contributed by atoms with van der Waals surface area (Å²) in [4.78, 5) is 23.7. The van der Waals surface area contributed by atoms with Crippen molar-refractivity contribution in [3.05, 3.63) is 28.1 Å². The zero-order valence-electron chi connectivity index (χ0n) is 9.25. The van der Waals surface area contributed by atoms with E-state index in [2.05, 4.69) is 10.3 Å². The van der Waals surface area contributed by atoms with Gasteiger partial charge in [-0.2, -0.15) is 0 Å². The Balaban J connectivity index is 2.43. The lowest BCUT2D eigenvalue weighted by Crippen LogP contribution is -2.27. The number of nitrogens with zero attached hydrogens (tertiary/aromatic N) is 1. The van der Waals surface area contributed by atoms with Crippen molar-refractivity contribution in [3.8, 4) is 0 Å². The van der Waals surface area contributed by atoms with E-state index in [1.165, 1.54) is 0 Å². The van der Waals surface area contributed by atoms with Crippen LogP contribution in [0.1, 0.15) is 16.9 Å². The minimum Gasteiger partial charge on any atom is -0.351 e. The van der Waals surface area contributed by atoms with Gasteiger partial charge in [0.1, 0.15) is 5.69 Å². The van der Waals surface area contributed by atoms with Gasteiger partial charge in [-0.1, -0.05) is 0 Å². The monoisotopic (exact) mass is 276 g/mol. The summed E-state index contributed by atoms with van der Waals surface area (Å²) in [6.07, 6.45) is 1.27. The summed E-state index contributed by atoms with van der Waals surface area (Å²) in [6, 6.07) is 1.09. The van der Waals surface area contributed by atoms with Crippen LogP contribution in [-0.2, 0) is 10.0 Å². The highest BCUT2D eigenvalue weighted by Crippen LogP contribution is 2.11. The van der Waals surface area contributed by atoms with E-state index in [1.54, 1.807) is 0 Å². The molecule has 1 rings (SSSR count). The van der Waals surface area contributed by atoms with Crippen LogP contribution in [0.3, 0.4) is 0 Å². The van der Waals surface area contributed by atoms with Gasteiger partial charge in [0.2, 0.25) is 10.0 Å². The molecule has 0 unspecified atom stereocenters. The molecule has 0 aliphatic carbocycles. The Morgan fingerprint density at radius 2 is 2.22 bits per heavy atom. The maximum Gasteiger partial charge on any atom is 0.287 e. The molecule has 9 nitrogen and oxygen atoms in total. The fourth-order valence-corrected chi connectivity index (χ4v) is 1.74. The van der Waals surface area contributed by atoms with Crippen molar-refractivity contribution in [3.63, 3.8) is 0 Å². The van der Waals surface area contributed by atoms with E-state index in [9.17, 15) is 23.3 Å². The Labute approximate surface area is 103 Å². The van der Waals surface area contributed by atoms with Crippen molar-refractivity contribution in [1.29, 1.82) is 0 Å². The number of carbonyl (C=O) groups excluding carboxylic acids is 1. The molecule has 0 radical (unpaired) electrons. The SMILES string of the molecule is NS(=O)(=O)CCCNC(=O)c1cc([N+](=O)[O-])c[nH]1. The molecule has 0 atom stereocenters. The number of H-pyrrole nitrogens is 1. The Kier molecular flexibility index (Phi) is 4.39. The molecule has 0 aliphatic heterocycles. The molecule has 1 aromatic rings. The van der Waals surface area contributed by atoms with Gasteiger partial charge in [-0.05, 0) is 6.42 Å². The predicted molar refractivity (Wildman–Crippen MR) is 62.4 cm³/mol. The smallest absolute Gasteiger partial charge is 0.287 e. The molecule has 0 aromatic carbocycles. The van der Waals surface area contributed by atoms with Crippen molar-refractivity contribution >= 4 is 21.6 Å². The van der Waals surface area contributed by atoms with Gasteiger partial charge in [-0.3, -0.25) is 14.9 Å². The number of rotatable bonds is 6. The molecule has 100 valence electrons. The molecule has 0 spiro atoms. The zero-order valence-corrected chi connectivity index (χ0v) is 10.1. The van der Waals surface area contributed by atoms with E-state index in [1.807, 2.05) is 0 Å². The summed E-state index contributed by atoms with van der Waals surface area (Å²) in [5.41, 5.74) is -0.179. The number of aromatic amines is 1. The number of hydrogen-bond donors (Lipinski definition) is 3. The number of aromatic nitrogens is 1. The van der Waals surface area contributed by atoms with Gasteiger partial charge in [0.15, 0.2) is 0 Å². The van der Waals surface area contributed by atoms with E-state index in [0.717, 1.165) is 12.3 Å². The van der Waals surface area contributed by atoms with E-state index in [0.29, 0.717) is 0 Å². The Bertz CT molecular complexity index is 550. The average Bonchev–Trinajstić information content (AvgIpc) is 2.72. The standard InChI is InChI=1S/C8H12N4O5S/c9-18(16,17)3-1-2-10-8(13)7-4-6(5-11-7)12(14)15/h4-5,11H,1-3H2,(H,10,13)(H2,9,16,17). The summed E-state index contributed by atoms with van der Waals surface area (Å²) in [7, 11) is -3.54. The summed E-state index contributed by atoms with van der Waals surface area (Å²) in [5, 5.41) is 17.6. The van der Waals surface area contributed by atoms with E-state index in [-0.39, 0.29) is 30.1 Å². The van der Waals surface area contributed by atoms with Gasteiger partial charge >= 0.3 is 0 Å². The second-order valence-electron chi connectivity index (χ2n) is 3.51. The van der Waals surface area contributed by atoms with Crippen molar-refractivity contribution in [2.45, 2.75) is 6.42 Å². The number of primary sulfonamides is 1. The van der Waals surface area contributed by atoms with Crippen LogP contribution in [0.15, 0.2) is 12.3 Å². The highest BCUT2D eigenvalue weighted by atomic mass is 32.2. The van der Waals surface area contributed by atoms with Crippen LogP contribution in [0.2, 0.25) is 0 Å². The Morgan fingerprint density at radius 3 is 2.72 bits per heavy atom. The Morgan fingerprint density at radius 1 is 1.56 bits per heavy atom. The lowest BCUT2D eigenvalue weighted by molar-refractivity contribution is -0.384. The maximum atomic E-state index is 11.5. The minimum atomic E-state index is -3.54. The summed E-state index contributed by atoms with van der Waals surface area (Å²) >= 11 is 0. The van der Waals surface area contributed by atoms with Crippen LogP contribution in [0.4, 0.5) is 5.69 Å². The molecular formula is C8H12N4O5S. The molecule has 0 bridgehead atoms. The second kappa shape index (κ2) is 5.60. The average molecular weight is 276 g/mol. The molecule has 4 N–H and O–H groups in total. The van der Waals surface area contributed by atoms with Gasteiger partial charge in [-0.25, -0.2) is 13.6 Å². The number of sulfonamides is 1. The summed E-state index contributed by atoms with van der Waals surface area (Å²) in [6.45, 7) is 0.113. The molecular weight excluding hydrogens is 264 g/mol. The van der Waals surface area contributed by atoms with E-state index < -0.39 is 20.9 Å². The number of nitrogens with one attached hydrogen (secondary N) is 2.